The topological polar surface area (TPSA) is 72.4 Å². The lowest BCUT2D eigenvalue weighted by atomic mass is 9.98. The molecule has 2 aliphatic rings. The van der Waals surface area contributed by atoms with Crippen LogP contribution in [-0.2, 0) is 6.54 Å². The van der Waals surface area contributed by atoms with Crippen molar-refractivity contribution in [1.82, 2.24) is 4.90 Å². The summed E-state index contributed by atoms with van der Waals surface area (Å²) >= 11 is 3.22. The first kappa shape index (κ1) is 16.7. The molecule has 1 aliphatic carbocycles. The van der Waals surface area contributed by atoms with Gasteiger partial charge in [0.2, 0.25) is 0 Å². The highest BCUT2D eigenvalue weighted by molar-refractivity contribution is 9.10. The summed E-state index contributed by atoms with van der Waals surface area (Å²) in [5.74, 6) is 1.33. The lowest BCUT2D eigenvalue weighted by Gasteiger charge is -2.18. The van der Waals surface area contributed by atoms with Crippen molar-refractivity contribution in [3.63, 3.8) is 0 Å². The zero-order chi connectivity index (χ0) is 14.3. The third kappa shape index (κ3) is 3.39. The van der Waals surface area contributed by atoms with Crippen LogP contribution in [-0.4, -0.2) is 29.0 Å². The molecule has 5 nitrogen and oxygen atoms in total. The number of rotatable bonds is 3. The minimum Gasteiger partial charge on any atom is -0.327 e. The summed E-state index contributed by atoms with van der Waals surface area (Å²) in [6.45, 7) is 2.87. The highest BCUT2D eigenvalue weighted by Crippen LogP contribution is 2.38. The van der Waals surface area contributed by atoms with Crippen LogP contribution in [0.5, 0.6) is 0 Å². The molecule has 1 aliphatic heterocycles. The second-order valence-electron chi connectivity index (χ2n) is 5.90. The van der Waals surface area contributed by atoms with Crippen molar-refractivity contribution in [2.75, 3.05) is 13.1 Å². The van der Waals surface area contributed by atoms with E-state index in [0.29, 0.717) is 16.4 Å². The molecule has 3 rings (SSSR count). The van der Waals surface area contributed by atoms with Crippen molar-refractivity contribution in [3.8, 4) is 0 Å². The summed E-state index contributed by atoms with van der Waals surface area (Å²) in [6.07, 6.45) is 2.37. The van der Waals surface area contributed by atoms with Gasteiger partial charge in [0, 0.05) is 31.7 Å². The Morgan fingerprint density at radius 1 is 1.38 bits per heavy atom. The van der Waals surface area contributed by atoms with Crippen LogP contribution in [0.25, 0.3) is 0 Å². The maximum Gasteiger partial charge on any atom is 0.283 e. The molecule has 3 unspecified atom stereocenters. The van der Waals surface area contributed by atoms with E-state index in [0.717, 1.165) is 37.5 Å². The summed E-state index contributed by atoms with van der Waals surface area (Å²) in [7, 11) is 0. The average Bonchev–Trinajstić information content (AvgIpc) is 2.94. The van der Waals surface area contributed by atoms with E-state index in [1.165, 1.54) is 6.42 Å². The van der Waals surface area contributed by atoms with E-state index in [1.54, 1.807) is 12.1 Å². The van der Waals surface area contributed by atoms with Gasteiger partial charge in [-0.1, -0.05) is 6.07 Å². The Labute approximate surface area is 138 Å². The second-order valence-corrected chi connectivity index (χ2v) is 6.76. The monoisotopic (exact) mass is 375 g/mol. The first-order valence-corrected chi connectivity index (χ1v) is 7.74. The van der Waals surface area contributed by atoms with Gasteiger partial charge in [0.25, 0.3) is 5.69 Å². The smallest absolute Gasteiger partial charge is 0.283 e. The van der Waals surface area contributed by atoms with E-state index in [9.17, 15) is 10.1 Å². The molecule has 1 saturated heterocycles. The van der Waals surface area contributed by atoms with E-state index in [-0.39, 0.29) is 23.0 Å². The van der Waals surface area contributed by atoms with E-state index in [2.05, 4.69) is 20.8 Å². The van der Waals surface area contributed by atoms with Gasteiger partial charge >= 0.3 is 0 Å². The largest absolute Gasteiger partial charge is 0.327 e. The van der Waals surface area contributed by atoms with Crippen molar-refractivity contribution < 1.29 is 4.92 Å². The van der Waals surface area contributed by atoms with Gasteiger partial charge in [-0.05, 0) is 52.2 Å². The zero-order valence-corrected chi connectivity index (χ0v) is 14.0. The SMILES string of the molecule is Cl.NC1CCC2CN(Cc3ccc(Br)c([N+](=O)[O-])c3)CC12. The molecular weight excluding hydrogens is 358 g/mol. The minimum atomic E-state index is -0.345. The lowest BCUT2D eigenvalue weighted by molar-refractivity contribution is -0.385. The fourth-order valence-electron chi connectivity index (χ4n) is 3.58. The Bertz CT molecular complexity index is 543. The molecule has 0 bridgehead atoms. The first-order chi connectivity index (χ1) is 9.54. The standard InChI is InChI=1S/C14H18BrN3O2.ClH/c15-12-3-1-9(5-14(12)18(19)20)6-17-7-10-2-4-13(16)11(10)8-17;/h1,3,5,10-11,13H,2,4,6-8,16H2;1H. The molecule has 0 spiro atoms. The number of hydrogen-bond acceptors (Lipinski definition) is 4. The van der Waals surface area contributed by atoms with Crippen LogP contribution in [0.1, 0.15) is 18.4 Å². The maximum atomic E-state index is 11.0. The van der Waals surface area contributed by atoms with Gasteiger partial charge in [0.1, 0.15) is 0 Å². The number of hydrogen-bond donors (Lipinski definition) is 1. The Hall–Kier alpha value is -0.690. The molecule has 116 valence electrons. The van der Waals surface area contributed by atoms with Gasteiger partial charge in [-0.3, -0.25) is 15.0 Å². The number of nitro groups is 1. The van der Waals surface area contributed by atoms with Crippen molar-refractivity contribution in [2.45, 2.75) is 25.4 Å². The third-order valence-corrected chi connectivity index (χ3v) is 5.27. The molecule has 2 fully saturated rings. The maximum absolute atomic E-state index is 11.0. The molecule has 7 heteroatoms. The number of fused-ring (bicyclic) bond motifs is 1. The fourth-order valence-corrected chi connectivity index (χ4v) is 3.97. The summed E-state index contributed by atoms with van der Waals surface area (Å²) in [6, 6.07) is 5.71. The normalized spacial score (nSPS) is 28.2. The number of nitrogens with two attached hydrogens (primary N) is 1. The Morgan fingerprint density at radius 3 is 2.81 bits per heavy atom. The van der Waals surface area contributed by atoms with Crippen molar-refractivity contribution in [1.29, 1.82) is 0 Å². The highest BCUT2D eigenvalue weighted by Gasteiger charge is 2.40. The third-order valence-electron chi connectivity index (χ3n) is 4.60. The van der Waals surface area contributed by atoms with Crippen molar-refractivity contribution in [2.24, 2.45) is 17.6 Å². The van der Waals surface area contributed by atoms with E-state index >= 15 is 0 Å². The summed E-state index contributed by atoms with van der Waals surface area (Å²) in [5, 5.41) is 11.0. The molecule has 3 atom stereocenters. The lowest BCUT2D eigenvalue weighted by Crippen LogP contribution is -2.30. The van der Waals surface area contributed by atoms with Crippen LogP contribution in [0.4, 0.5) is 5.69 Å². The van der Waals surface area contributed by atoms with Crippen LogP contribution in [0.3, 0.4) is 0 Å². The summed E-state index contributed by atoms with van der Waals surface area (Å²) in [5.41, 5.74) is 7.27. The number of likely N-dealkylation sites (tertiary alicyclic amines) is 1. The summed E-state index contributed by atoms with van der Waals surface area (Å²) in [4.78, 5) is 13.0. The van der Waals surface area contributed by atoms with Crippen LogP contribution < -0.4 is 5.73 Å². The molecular formula is C14H19BrClN3O2. The Morgan fingerprint density at radius 2 is 2.14 bits per heavy atom. The van der Waals surface area contributed by atoms with E-state index in [4.69, 9.17) is 5.73 Å². The van der Waals surface area contributed by atoms with E-state index in [1.807, 2.05) is 6.07 Å². The molecule has 2 N–H and O–H groups in total. The molecule has 0 amide bonds. The fraction of sp³-hybridized carbons (Fsp3) is 0.571. The molecule has 1 aromatic carbocycles. The molecule has 1 heterocycles. The van der Waals surface area contributed by atoms with Crippen LogP contribution in [0.2, 0.25) is 0 Å². The molecule has 1 aromatic rings. The molecule has 21 heavy (non-hydrogen) atoms. The first-order valence-electron chi connectivity index (χ1n) is 6.95. The van der Waals surface area contributed by atoms with Gasteiger partial charge in [0.05, 0.1) is 9.40 Å². The predicted molar refractivity (Wildman–Crippen MR) is 87.5 cm³/mol. The highest BCUT2D eigenvalue weighted by atomic mass is 79.9. The molecule has 0 aromatic heterocycles. The number of nitrogens with zero attached hydrogens (tertiary/aromatic N) is 2. The van der Waals surface area contributed by atoms with Crippen LogP contribution >= 0.6 is 28.3 Å². The van der Waals surface area contributed by atoms with Crippen LogP contribution in [0, 0.1) is 22.0 Å². The number of halogens is 2. The van der Waals surface area contributed by atoms with Gasteiger partial charge in [-0.15, -0.1) is 12.4 Å². The minimum absolute atomic E-state index is 0. The second kappa shape index (κ2) is 6.60. The van der Waals surface area contributed by atoms with Gasteiger partial charge in [-0.25, -0.2) is 0 Å². The van der Waals surface area contributed by atoms with E-state index < -0.39 is 0 Å². The number of nitro benzene ring substituents is 1. The van der Waals surface area contributed by atoms with Gasteiger partial charge in [0.15, 0.2) is 0 Å². The Balaban J connectivity index is 0.00000161. The Kier molecular flexibility index (Phi) is 5.24. The number of benzene rings is 1. The molecule has 0 radical (unpaired) electrons. The van der Waals surface area contributed by atoms with Crippen molar-refractivity contribution >= 4 is 34.0 Å². The van der Waals surface area contributed by atoms with Crippen LogP contribution in [0.15, 0.2) is 22.7 Å². The average molecular weight is 377 g/mol. The zero-order valence-electron chi connectivity index (χ0n) is 11.6. The summed E-state index contributed by atoms with van der Waals surface area (Å²) < 4.78 is 0.534. The van der Waals surface area contributed by atoms with Crippen molar-refractivity contribution in [3.05, 3.63) is 38.3 Å². The molecule has 1 saturated carbocycles. The van der Waals surface area contributed by atoms with Gasteiger partial charge in [-0.2, -0.15) is 0 Å². The quantitative estimate of drug-likeness (QED) is 0.650. The van der Waals surface area contributed by atoms with Gasteiger partial charge < -0.3 is 5.73 Å². The predicted octanol–water partition coefficient (Wildman–Crippen LogP) is 2.95.